The molecule has 4 aromatic carbocycles. The maximum absolute atomic E-state index is 13.4. The molecule has 0 aromatic heterocycles. The quantitative estimate of drug-likeness (QED) is 0.0542. The normalized spacial score (nSPS) is 10.9. The number of hydrogen-bond acceptors (Lipinski definition) is 8. The highest BCUT2D eigenvalue weighted by Crippen LogP contribution is 2.15. The van der Waals surface area contributed by atoms with Crippen molar-refractivity contribution in [3.05, 3.63) is 137 Å². The van der Waals surface area contributed by atoms with Gasteiger partial charge in [-0.05, 0) is 66.6 Å². The van der Waals surface area contributed by atoms with E-state index in [1.54, 1.807) is 30.3 Å². The maximum Gasteiger partial charge on any atom is 0.414 e. The highest BCUT2D eigenvalue weighted by molar-refractivity contribution is 6.01. The Morgan fingerprint density at radius 2 is 1.10 bits per heavy atom. The number of benzene rings is 4. The molecule has 4 amide bonds. The molecule has 0 heterocycles. The molecule has 4 aromatic rings. The first-order valence-electron chi connectivity index (χ1n) is 16.1. The average Bonchev–Trinajstić information content (AvgIpc) is 3.13. The lowest BCUT2D eigenvalue weighted by Gasteiger charge is -2.19. The molecule has 0 fully saturated rings. The van der Waals surface area contributed by atoms with Crippen molar-refractivity contribution in [1.82, 2.24) is 16.0 Å². The van der Waals surface area contributed by atoms with Crippen molar-refractivity contribution >= 4 is 35.8 Å². The van der Waals surface area contributed by atoms with Gasteiger partial charge in [0, 0.05) is 12.2 Å². The number of aliphatic imine (C=N–C) groups is 1. The second-order valence-electron chi connectivity index (χ2n) is 11.3. The number of rotatable bonds is 13. The van der Waals surface area contributed by atoms with E-state index in [2.05, 4.69) is 26.3 Å². The van der Waals surface area contributed by atoms with Crippen molar-refractivity contribution in [3.8, 4) is 0 Å². The molecule has 0 spiro atoms. The lowest BCUT2D eigenvalue weighted by molar-refractivity contribution is -0.118. The number of nitrogens with zero attached hydrogens (tertiary/aromatic N) is 1. The third-order valence-electron chi connectivity index (χ3n) is 7.38. The largest absolute Gasteiger partial charge is 0.445 e. The summed E-state index contributed by atoms with van der Waals surface area (Å²) in [5, 5.41) is 10.4. The van der Waals surface area contributed by atoms with Crippen LogP contribution in [0.2, 0.25) is 0 Å². The summed E-state index contributed by atoms with van der Waals surface area (Å²) in [6.07, 6.45) is -2.02. The van der Waals surface area contributed by atoms with Crippen LogP contribution in [-0.4, -0.2) is 42.7 Å². The Morgan fingerprint density at radius 1 is 0.620 bits per heavy atom. The third-order valence-corrected chi connectivity index (χ3v) is 7.38. The first-order chi connectivity index (χ1) is 24.2. The Bertz CT molecular complexity index is 1680. The minimum Gasteiger partial charge on any atom is -0.445 e. The number of alkyl carbamates (subject to hydrolysis) is 3. The molecule has 12 heteroatoms. The van der Waals surface area contributed by atoms with E-state index in [-0.39, 0.29) is 45.2 Å². The molecule has 4 N–H and O–H groups in total. The zero-order chi connectivity index (χ0) is 35.6. The van der Waals surface area contributed by atoms with Crippen LogP contribution >= 0.6 is 0 Å². The lowest BCUT2D eigenvalue weighted by Crippen LogP contribution is -2.45. The fourth-order valence-corrected chi connectivity index (χ4v) is 4.53. The monoisotopic (exact) mass is 679 g/mol. The van der Waals surface area contributed by atoms with Gasteiger partial charge >= 0.3 is 18.3 Å². The van der Waals surface area contributed by atoms with Crippen molar-refractivity contribution in [3.63, 3.8) is 0 Å². The fraction of sp³-hybridized carbons (Fsp3) is 0.237. The molecule has 0 saturated heterocycles. The smallest absolute Gasteiger partial charge is 0.414 e. The fourth-order valence-electron chi connectivity index (χ4n) is 4.53. The highest BCUT2D eigenvalue weighted by Gasteiger charge is 2.22. The first-order valence-corrected chi connectivity index (χ1v) is 16.1. The van der Waals surface area contributed by atoms with Crippen molar-refractivity contribution < 1.29 is 33.4 Å². The van der Waals surface area contributed by atoms with Gasteiger partial charge in [0.05, 0.1) is 0 Å². The Hall–Kier alpha value is -6.17. The van der Waals surface area contributed by atoms with Crippen LogP contribution in [0.4, 0.5) is 20.1 Å². The van der Waals surface area contributed by atoms with Gasteiger partial charge in [0.2, 0.25) is 11.9 Å². The molecule has 0 radical (unpaired) electrons. The van der Waals surface area contributed by atoms with Gasteiger partial charge in [-0.15, -0.1) is 0 Å². The molecular formula is C38H41N5O7. The topological polar surface area (TPSA) is 156 Å². The molecule has 0 saturated carbocycles. The zero-order valence-electron chi connectivity index (χ0n) is 28.0. The Morgan fingerprint density at radius 3 is 1.58 bits per heavy atom. The number of carbonyl (C=O) groups is 4. The number of hydrogen-bond donors (Lipinski definition) is 4. The molecule has 0 bridgehead atoms. The van der Waals surface area contributed by atoms with E-state index in [0.717, 1.165) is 27.8 Å². The van der Waals surface area contributed by atoms with Crippen LogP contribution in [0, 0.1) is 13.8 Å². The number of guanidine groups is 1. The van der Waals surface area contributed by atoms with E-state index in [9.17, 15) is 19.2 Å². The number of ether oxygens (including phenoxy) is 3. The molecular weight excluding hydrogens is 638 g/mol. The summed E-state index contributed by atoms with van der Waals surface area (Å²) in [5.41, 5.74) is 5.00. The number of anilines is 1. The van der Waals surface area contributed by atoms with E-state index in [1.165, 1.54) is 0 Å². The molecule has 0 aliphatic carbocycles. The number of amides is 4. The van der Waals surface area contributed by atoms with Crippen LogP contribution < -0.4 is 21.3 Å². The molecule has 0 aliphatic heterocycles. The summed E-state index contributed by atoms with van der Waals surface area (Å²) < 4.78 is 15.9. The van der Waals surface area contributed by atoms with Gasteiger partial charge in [-0.1, -0.05) is 97.1 Å². The molecule has 1 unspecified atom stereocenters. The number of carbonyl (C=O) groups excluding carboxylic acids is 4. The van der Waals surface area contributed by atoms with Crippen molar-refractivity contribution in [2.75, 3.05) is 11.9 Å². The van der Waals surface area contributed by atoms with E-state index in [1.807, 2.05) is 92.7 Å². The Kier molecular flexibility index (Phi) is 14.4. The third kappa shape index (κ3) is 13.1. The van der Waals surface area contributed by atoms with E-state index in [0.29, 0.717) is 5.69 Å². The predicted octanol–water partition coefficient (Wildman–Crippen LogP) is 6.53. The van der Waals surface area contributed by atoms with Gasteiger partial charge in [0.15, 0.2) is 0 Å². The highest BCUT2D eigenvalue weighted by atomic mass is 16.6. The summed E-state index contributed by atoms with van der Waals surface area (Å²) in [5.74, 6) is -0.646. The maximum atomic E-state index is 13.4. The summed E-state index contributed by atoms with van der Waals surface area (Å²) in [6, 6.07) is 31.9. The number of nitrogens with one attached hydrogen (secondary N) is 4. The summed E-state index contributed by atoms with van der Waals surface area (Å²) in [6.45, 7) is 4.00. The average molecular weight is 680 g/mol. The van der Waals surface area contributed by atoms with E-state index in [4.69, 9.17) is 14.2 Å². The Labute approximate surface area is 291 Å². The molecule has 1 atom stereocenters. The van der Waals surface area contributed by atoms with Gasteiger partial charge in [-0.3, -0.25) is 20.4 Å². The van der Waals surface area contributed by atoms with Crippen molar-refractivity contribution in [2.45, 2.75) is 52.6 Å². The van der Waals surface area contributed by atoms with Crippen molar-refractivity contribution in [1.29, 1.82) is 0 Å². The van der Waals surface area contributed by atoms with Crippen LogP contribution in [-0.2, 0) is 38.8 Å². The minimum absolute atomic E-state index is 0.00173. The van der Waals surface area contributed by atoms with Crippen LogP contribution in [0.1, 0.15) is 40.7 Å². The summed E-state index contributed by atoms with van der Waals surface area (Å²) in [7, 11) is 0. The predicted molar refractivity (Wildman–Crippen MR) is 189 cm³/mol. The summed E-state index contributed by atoms with van der Waals surface area (Å²) in [4.78, 5) is 55.6. The Balaban J connectivity index is 1.39. The van der Waals surface area contributed by atoms with Crippen LogP contribution in [0.5, 0.6) is 0 Å². The van der Waals surface area contributed by atoms with Gasteiger partial charge in [0.1, 0.15) is 25.9 Å². The van der Waals surface area contributed by atoms with Gasteiger partial charge < -0.3 is 24.8 Å². The molecule has 0 aliphatic rings. The second-order valence-corrected chi connectivity index (χ2v) is 11.3. The van der Waals surface area contributed by atoms with Crippen molar-refractivity contribution in [2.24, 2.45) is 4.99 Å². The van der Waals surface area contributed by atoms with Gasteiger partial charge in [0.25, 0.3) is 0 Å². The van der Waals surface area contributed by atoms with Gasteiger partial charge in [-0.25, -0.2) is 14.4 Å². The molecule has 260 valence electrons. The van der Waals surface area contributed by atoms with Crippen LogP contribution in [0.3, 0.4) is 0 Å². The minimum atomic E-state index is -0.980. The SMILES string of the molecule is Cc1ccc(NC(=O)C(CCCN=C(NC(=O)OCc2ccccc2)NC(=O)OCc2ccccc2)NC(=O)OCc2ccccc2)cc1C. The standard InChI is InChI=1S/C38H41N5O7/c1-27-20-21-32(23-28(27)2)40-34(44)33(41-36(45)48-24-29-13-6-3-7-14-29)19-12-22-39-35(42-37(46)49-25-30-15-8-4-9-16-30)43-38(47)50-26-31-17-10-5-11-18-31/h3-11,13-18,20-21,23,33H,12,19,22,24-26H2,1-2H3,(H,40,44)(H,41,45)(H2,39,42,43,46,47). The second kappa shape index (κ2) is 19.6. The van der Waals surface area contributed by atoms with E-state index >= 15 is 0 Å². The number of aryl methyl sites for hydroxylation is 2. The van der Waals surface area contributed by atoms with E-state index < -0.39 is 30.2 Å². The molecule has 50 heavy (non-hydrogen) atoms. The van der Waals surface area contributed by atoms with Crippen LogP contribution in [0.15, 0.2) is 114 Å². The first kappa shape index (κ1) is 36.7. The molecule has 4 rings (SSSR count). The molecule has 12 nitrogen and oxygen atoms in total. The zero-order valence-corrected chi connectivity index (χ0v) is 28.0. The summed E-state index contributed by atoms with van der Waals surface area (Å²) >= 11 is 0. The lowest BCUT2D eigenvalue weighted by atomic mass is 10.1. The van der Waals surface area contributed by atoms with Crippen LogP contribution in [0.25, 0.3) is 0 Å². The van der Waals surface area contributed by atoms with Gasteiger partial charge in [-0.2, -0.15) is 0 Å².